The molecule has 4 rings (SSSR count). The van der Waals surface area contributed by atoms with Crippen molar-refractivity contribution in [3.05, 3.63) is 0 Å². The summed E-state index contributed by atoms with van der Waals surface area (Å²) in [5.74, 6) is 0.279. The highest BCUT2D eigenvalue weighted by atomic mass is 16.3. The highest BCUT2D eigenvalue weighted by Crippen LogP contribution is 2.75. The SMILES string of the molecule is CC(C)(O)CCC[C@](C)(O)[C@H]1CC[C@]2(C)[C@@H]1[C@H](O)C[C@@H]1[C@@]3(C)CC[C@H](O)C(C)(C)[C@@H]3[C@@H](O)C[C@]12C. The zero-order valence-electron chi connectivity index (χ0n) is 23.6. The largest absolute Gasteiger partial charge is 0.393 e. The third-order valence-electron chi connectivity index (χ3n) is 12.5. The smallest absolute Gasteiger partial charge is 0.0651 e. The Morgan fingerprint density at radius 3 is 2.03 bits per heavy atom. The molecule has 0 radical (unpaired) electrons. The molecule has 4 aliphatic rings. The van der Waals surface area contributed by atoms with Crippen LogP contribution in [-0.4, -0.2) is 55.0 Å². The van der Waals surface area contributed by atoms with Crippen molar-refractivity contribution in [2.24, 2.45) is 45.3 Å². The van der Waals surface area contributed by atoms with Gasteiger partial charge in [-0.1, -0.05) is 34.6 Å². The van der Waals surface area contributed by atoms with Crippen LogP contribution in [0.1, 0.15) is 113 Å². The summed E-state index contributed by atoms with van der Waals surface area (Å²) >= 11 is 0. The molecule has 0 aromatic carbocycles. The molecule has 0 amide bonds. The van der Waals surface area contributed by atoms with Crippen molar-refractivity contribution in [1.82, 2.24) is 0 Å². The van der Waals surface area contributed by atoms with Crippen molar-refractivity contribution in [3.63, 3.8) is 0 Å². The highest BCUT2D eigenvalue weighted by Gasteiger charge is 2.72. The second-order valence-electron chi connectivity index (χ2n) is 15.5. The topological polar surface area (TPSA) is 101 Å². The first-order valence-electron chi connectivity index (χ1n) is 14.3. The average Bonchev–Trinajstić information content (AvgIpc) is 3.07. The molecule has 5 heteroatoms. The number of aliphatic hydroxyl groups is 5. The van der Waals surface area contributed by atoms with Crippen LogP contribution >= 0.6 is 0 Å². The maximum atomic E-state index is 11.8. The van der Waals surface area contributed by atoms with Gasteiger partial charge in [0.2, 0.25) is 0 Å². The molecular weight excluding hydrogens is 440 g/mol. The second-order valence-corrected chi connectivity index (χ2v) is 15.5. The van der Waals surface area contributed by atoms with Crippen LogP contribution in [0.5, 0.6) is 0 Å². The maximum Gasteiger partial charge on any atom is 0.0651 e. The Hall–Kier alpha value is -0.200. The molecule has 5 nitrogen and oxygen atoms in total. The second kappa shape index (κ2) is 8.40. The maximum absolute atomic E-state index is 11.8. The fraction of sp³-hybridized carbons (Fsp3) is 1.00. The van der Waals surface area contributed by atoms with Gasteiger partial charge in [-0.3, -0.25) is 0 Å². The molecule has 35 heavy (non-hydrogen) atoms. The Bertz CT molecular complexity index is 801. The zero-order chi connectivity index (χ0) is 26.4. The van der Waals surface area contributed by atoms with Gasteiger partial charge in [0.25, 0.3) is 0 Å². The molecule has 204 valence electrons. The quantitative estimate of drug-likeness (QED) is 0.382. The first-order chi connectivity index (χ1) is 15.8. The van der Waals surface area contributed by atoms with Crippen LogP contribution in [0.25, 0.3) is 0 Å². The minimum absolute atomic E-state index is 0.00423. The average molecular weight is 495 g/mol. The first-order valence-corrected chi connectivity index (χ1v) is 14.3. The molecule has 4 fully saturated rings. The Labute approximate surface area is 213 Å². The third kappa shape index (κ3) is 4.06. The van der Waals surface area contributed by atoms with Gasteiger partial charge in [-0.2, -0.15) is 0 Å². The van der Waals surface area contributed by atoms with Crippen LogP contribution in [0, 0.1) is 45.3 Å². The van der Waals surface area contributed by atoms with Crippen LogP contribution in [0.3, 0.4) is 0 Å². The molecular formula is C30H54O5. The number of aliphatic hydroxyl groups excluding tert-OH is 3. The minimum atomic E-state index is -0.894. The lowest BCUT2D eigenvalue weighted by Crippen LogP contribution is -2.69. The third-order valence-corrected chi connectivity index (χ3v) is 12.5. The van der Waals surface area contributed by atoms with E-state index in [0.717, 1.165) is 32.1 Å². The van der Waals surface area contributed by atoms with Gasteiger partial charge in [0.05, 0.1) is 29.5 Å². The van der Waals surface area contributed by atoms with Gasteiger partial charge in [0.1, 0.15) is 0 Å². The van der Waals surface area contributed by atoms with Crippen LogP contribution in [-0.2, 0) is 0 Å². The summed E-state index contributed by atoms with van der Waals surface area (Å²) in [6, 6.07) is 0. The summed E-state index contributed by atoms with van der Waals surface area (Å²) in [5.41, 5.74) is -2.45. The van der Waals surface area contributed by atoms with Crippen LogP contribution in [0.15, 0.2) is 0 Å². The van der Waals surface area contributed by atoms with Gasteiger partial charge < -0.3 is 25.5 Å². The Morgan fingerprint density at radius 1 is 0.800 bits per heavy atom. The van der Waals surface area contributed by atoms with Crippen LogP contribution in [0.2, 0.25) is 0 Å². The van der Waals surface area contributed by atoms with Gasteiger partial charge in [0, 0.05) is 0 Å². The first kappa shape index (κ1) is 27.8. The number of rotatable bonds is 5. The van der Waals surface area contributed by atoms with Crippen molar-refractivity contribution in [3.8, 4) is 0 Å². The van der Waals surface area contributed by atoms with Crippen molar-refractivity contribution >= 4 is 0 Å². The van der Waals surface area contributed by atoms with E-state index in [1.54, 1.807) is 0 Å². The summed E-state index contributed by atoms with van der Waals surface area (Å²) in [6.07, 6.45) is 5.51. The molecule has 0 heterocycles. The Kier molecular flexibility index (Phi) is 6.68. The van der Waals surface area contributed by atoms with Crippen LogP contribution in [0.4, 0.5) is 0 Å². The standard InChI is InChI=1S/C30H54O5/c1-25(2,34)12-9-13-30(8,35)18-10-15-28(6)23(18)19(31)16-21-27(5)14-11-22(33)26(3,4)24(27)20(32)17-29(21,28)7/h18-24,31-35H,9-17H2,1-8H3/t18-,19+,20-,21+,22-,23-,24-,27+,28+,29+,30-/m0/s1. The number of fused-ring (bicyclic) bond motifs is 5. The lowest BCUT2D eigenvalue weighted by molar-refractivity contribution is -0.274. The normalized spacial score (nSPS) is 51.2. The fourth-order valence-corrected chi connectivity index (χ4v) is 10.7. The molecule has 0 spiro atoms. The van der Waals surface area contributed by atoms with E-state index in [2.05, 4.69) is 34.6 Å². The van der Waals surface area contributed by atoms with Gasteiger partial charge in [-0.15, -0.1) is 0 Å². The summed E-state index contributed by atoms with van der Waals surface area (Å²) < 4.78 is 0. The van der Waals surface area contributed by atoms with E-state index >= 15 is 0 Å². The van der Waals surface area contributed by atoms with E-state index in [9.17, 15) is 25.5 Å². The minimum Gasteiger partial charge on any atom is -0.393 e. The van der Waals surface area contributed by atoms with Crippen molar-refractivity contribution in [2.45, 2.75) is 143 Å². The predicted molar refractivity (Wildman–Crippen MR) is 139 cm³/mol. The summed E-state index contributed by atoms with van der Waals surface area (Å²) in [7, 11) is 0. The molecule has 4 aliphatic carbocycles. The molecule has 0 saturated heterocycles. The molecule has 0 aromatic rings. The fourth-order valence-electron chi connectivity index (χ4n) is 10.7. The Morgan fingerprint density at radius 2 is 1.43 bits per heavy atom. The number of hydrogen-bond donors (Lipinski definition) is 5. The van der Waals surface area contributed by atoms with E-state index in [4.69, 9.17) is 0 Å². The summed E-state index contributed by atoms with van der Waals surface area (Å²) in [4.78, 5) is 0. The highest BCUT2D eigenvalue weighted by molar-refractivity contribution is 5.21. The molecule has 4 saturated carbocycles. The van der Waals surface area contributed by atoms with E-state index in [-0.39, 0.29) is 45.3 Å². The van der Waals surface area contributed by atoms with Crippen molar-refractivity contribution < 1.29 is 25.5 Å². The number of hydrogen-bond acceptors (Lipinski definition) is 5. The van der Waals surface area contributed by atoms with Crippen molar-refractivity contribution in [1.29, 1.82) is 0 Å². The Balaban J connectivity index is 1.66. The van der Waals surface area contributed by atoms with E-state index in [0.29, 0.717) is 25.7 Å². The monoisotopic (exact) mass is 494 g/mol. The molecule has 0 aliphatic heterocycles. The van der Waals surface area contributed by atoms with Gasteiger partial charge >= 0.3 is 0 Å². The molecule has 5 N–H and O–H groups in total. The molecule has 11 atom stereocenters. The van der Waals surface area contributed by atoms with E-state index in [1.165, 1.54) is 0 Å². The van der Waals surface area contributed by atoms with Gasteiger partial charge in [0.15, 0.2) is 0 Å². The molecule has 0 aromatic heterocycles. The molecule has 0 unspecified atom stereocenters. The van der Waals surface area contributed by atoms with E-state index in [1.807, 2.05) is 20.8 Å². The zero-order valence-corrected chi connectivity index (χ0v) is 23.6. The van der Waals surface area contributed by atoms with E-state index < -0.39 is 29.5 Å². The van der Waals surface area contributed by atoms with Gasteiger partial charge in [-0.05, 0) is 124 Å². The lowest BCUT2D eigenvalue weighted by atomic mass is 9.34. The van der Waals surface area contributed by atoms with Crippen LogP contribution < -0.4 is 0 Å². The predicted octanol–water partition coefficient (Wildman–Crippen LogP) is 4.67. The summed E-state index contributed by atoms with van der Waals surface area (Å²) in [6.45, 7) is 16.8. The van der Waals surface area contributed by atoms with Crippen molar-refractivity contribution in [2.75, 3.05) is 0 Å². The summed E-state index contributed by atoms with van der Waals surface area (Å²) in [5, 5.41) is 56.2. The molecule has 0 bridgehead atoms. The van der Waals surface area contributed by atoms with Gasteiger partial charge in [-0.25, -0.2) is 0 Å². The lowest BCUT2D eigenvalue weighted by Gasteiger charge is -2.71.